The lowest BCUT2D eigenvalue weighted by molar-refractivity contribution is -0.133. The minimum Gasteiger partial charge on any atom is -0.472 e. The van der Waals surface area contributed by atoms with Crippen LogP contribution in [0.25, 0.3) is 6.08 Å². The van der Waals surface area contributed by atoms with Crippen LogP contribution >= 0.6 is 11.6 Å². The monoisotopic (exact) mass is 418 g/mol. The number of halogens is 1. The number of benzene rings is 2. The van der Waals surface area contributed by atoms with Crippen LogP contribution in [0.5, 0.6) is 0 Å². The summed E-state index contributed by atoms with van der Waals surface area (Å²) in [5.74, 6) is -0.207. The summed E-state index contributed by atoms with van der Waals surface area (Å²) in [4.78, 5) is 30.3. The first-order valence-electron chi connectivity index (χ1n) is 9.77. The number of furan rings is 1. The molecule has 30 heavy (non-hydrogen) atoms. The van der Waals surface area contributed by atoms with Gasteiger partial charge in [0.25, 0.3) is 5.91 Å². The van der Waals surface area contributed by atoms with E-state index in [0.717, 1.165) is 16.7 Å². The summed E-state index contributed by atoms with van der Waals surface area (Å²) in [6.45, 7) is 0.929. The standard InChI is InChI=1S/C24H19ClN2O3/c25-20-8-6-19(7-9-20)24-15-18-3-1-2-4-21(18)23(29)27(24)13-12-26(24)22(28)10-5-17-11-14-30-16-17/h1-11,14,16H,12-13,15H2/b10-5+. The highest BCUT2D eigenvalue weighted by molar-refractivity contribution is 6.30. The van der Waals surface area contributed by atoms with Crippen LogP contribution < -0.4 is 0 Å². The van der Waals surface area contributed by atoms with Gasteiger partial charge in [0.2, 0.25) is 5.91 Å². The summed E-state index contributed by atoms with van der Waals surface area (Å²) in [7, 11) is 0. The van der Waals surface area contributed by atoms with Crippen LogP contribution in [0.4, 0.5) is 0 Å². The zero-order valence-corrected chi connectivity index (χ0v) is 16.9. The highest BCUT2D eigenvalue weighted by atomic mass is 35.5. The molecule has 150 valence electrons. The van der Waals surface area contributed by atoms with Crippen molar-refractivity contribution in [2.24, 2.45) is 0 Å². The van der Waals surface area contributed by atoms with Gasteiger partial charge in [-0.15, -0.1) is 0 Å². The Morgan fingerprint density at radius 3 is 2.63 bits per heavy atom. The quantitative estimate of drug-likeness (QED) is 0.594. The van der Waals surface area contributed by atoms with E-state index in [0.29, 0.717) is 30.1 Å². The molecule has 1 unspecified atom stereocenters. The van der Waals surface area contributed by atoms with Crippen molar-refractivity contribution >= 4 is 29.5 Å². The highest BCUT2D eigenvalue weighted by Crippen LogP contribution is 2.45. The summed E-state index contributed by atoms with van der Waals surface area (Å²) in [5, 5.41) is 0.611. The van der Waals surface area contributed by atoms with Gasteiger partial charge in [-0.2, -0.15) is 0 Å². The zero-order valence-electron chi connectivity index (χ0n) is 16.1. The third-order valence-corrected chi connectivity index (χ3v) is 6.16. The smallest absolute Gasteiger partial charge is 0.256 e. The van der Waals surface area contributed by atoms with Crippen molar-refractivity contribution in [3.63, 3.8) is 0 Å². The van der Waals surface area contributed by atoms with E-state index >= 15 is 0 Å². The molecule has 6 heteroatoms. The van der Waals surface area contributed by atoms with Crippen molar-refractivity contribution in [1.82, 2.24) is 9.80 Å². The lowest BCUT2D eigenvalue weighted by Crippen LogP contribution is -2.58. The maximum atomic E-state index is 13.4. The van der Waals surface area contributed by atoms with E-state index in [1.165, 1.54) is 6.08 Å². The number of fused-ring (bicyclic) bond motifs is 2. The number of hydrogen-bond acceptors (Lipinski definition) is 3. The highest BCUT2D eigenvalue weighted by Gasteiger charge is 2.55. The molecule has 0 aliphatic carbocycles. The maximum absolute atomic E-state index is 13.4. The number of nitrogens with zero attached hydrogens (tertiary/aromatic N) is 2. The molecular formula is C24H19ClN2O3. The van der Waals surface area contributed by atoms with Crippen LogP contribution in [-0.4, -0.2) is 34.7 Å². The van der Waals surface area contributed by atoms with Gasteiger partial charge in [0.05, 0.1) is 12.5 Å². The van der Waals surface area contributed by atoms with Gasteiger partial charge < -0.3 is 14.2 Å². The SMILES string of the molecule is O=C(/C=C/c1ccoc1)N1CCN2C(=O)c3ccccc3CC12c1ccc(Cl)cc1. The lowest BCUT2D eigenvalue weighted by Gasteiger charge is -2.47. The van der Waals surface area contributed by atoms with Gasteiger partial charge in [-0.1, -0.05) is 41.9 Å². The van der Waals surface area contributed by atoms with E-state index in [4.69, 9.17) is 16.0 Å². The summed E-state index contributed by atoms with van der Waals surface area (Å²) in [5.41, 5.74) is 2.44. The molecule has 2 amide bonds. The molecule has 1 atom stereocenters. The van der Waals surface area contributed by atoms with Gasteiger partial charge >= 0.3 is 0 Å². The fraction of sp³-hybridized carbons (Fsp3) is 0.167. The van der Waals surface area contributed by atoms with Crippen LogP contribution in [-0.2, 0) is 16.9 Å². The molecule has 3 aromatic rings. The van der Waals surface area contributed by atoms with E-state index < -0.39 is 5.66 Å². The van der Waals surface area contributed by atoms with E-state index in [-0.39, 0.29) is 11.8 Å². The third kappa shape index (κ3) is 2.85. The average molecular weight is 419 g/mol. The molecule has 0 radical (unpaired) electrons. The van der Waals surface area contributed by atoms with Gasteiger partial charge in [0.1, 0.15) is 5.66 Å². The molecule has 0 N–H and O–H groups in total. The number of amides is 2. The molecule has 2 aliphatic heterocycles. The minimum absolute atomic E-state index is 0.0547. The van der Waals surface area contributed by atoms with Crippen LogP contribution in [0.3, 0.4) is 0 Å². The maximum Gasteiger partial charge on any atom is 0.256 e. The number of hydrogen-bond donors (Lipinski definition) is 0. The van der Waals surface area contributed by atoms with E-state index in [2.05, 4.69) is 0 Å². The van der Waals surface area contributed by atoms with Crippen LogP contribution in [0, 0.1) is 0 Å². The molecule has 1 saturated heterocycles. The Hall–Kier alpha value is -3.31. The molecule has 0 bridgehead atoms. The van der Waals surface area contributed by atoms with Gasteiger partial charge in [-0.05, 0) is 41.5 Å². The topological polar surface area (TPSA) is 53.8 Å². The minimum atomic E-state index is -0.881. The van der Waals surface area contributed by atoms with Gasteiger partial charge in [-0.3, -0.25) is 9.59 Å². The third-order valence-electron chi connectivity index (χ3n) is 5.90. The number of carbonyl (C=O) groups is 2. The van der Waals surface area contributed by atoms with Crippen LogP contribution in [0.1, 0.15) is 27.0 Å². The number of rotatable bonds is 3. The Kier molecular flexibility index (Phi) is 4.48. The second kappa shape index (κ2) is 7.18. The van der Waals surface area contributed by atoms with Gasteiger partial charge in [0.15, 0.2) is 0 Å². The van der Waals surface area contributed by atoms with Crippen LogP contribution in [0.15, 0.2) is 77.6 Å². The molecule has 5 nitrogen and oxygen atoms in total. The second-order valence-corrected chi connectivity index (χ2v) is 7.93. The predicted octanol–water partition coefficient (Wildman–Crippen LogP) is 4.34. The fourth-order valence-corrected chi connectivity index (χ4v) is 4.65. The molecule has 2 aromatic carbocycles. The van der Waals surface area contributed by atoms with Crippen molar-refractivity contribution in [3.8, 4) is 0 Å². The summed E-state index contributed by atoms with van der Waals surface area (Å²) < 4.78 is 5.07. The second-order valence-electron chi connectivity index (χ2n) is 7.49. The van der Waals surface area contributed by atoms with Crippen molar-refractivity contribution in [3.05, 3.63) is 100 Å². The van der Waals surface area contributed by atoms with Crippen molar-refractivity contribution < 1.29 is 14.0 Å². The molecule has 2 aliphatic rings. The first-order chi connectivity index (χ1) is 14.6. The normalized spacial score (nSPS) is 20.5. The van der Waals surface area contributed by atoms with Crippen molar-refractivity contribution in [2.75, 3.05) is 13.1 Å². The Balaban J connectivity index is 1.62. The predicted molar refractivity (Wildman–Crippen MR) is 114 cm³/mol. The summed E-state index contributed by atoms with van der Waals surface area (Å²) in [6.07, 6.45) is 6.94. The van der Waals surface area contributed by atoms with Gasteiger partial charge in [0, 0.05) is 41.7 Å². The Bertz CT molecular complexity index is 1140. The van der Waals surface area contributed by atoms with E-state index in [9.17, 15) is 9.59 Å². The molecule has 0 saturated carbocycles. The van der Waals surface area contributed by atoms with Crippen LogP contribution in [0.2, 0.25) is 5.02 Å². The lowest BCUT2D eigenvalue weighted by atomic mass is 9.83. The van der Waals surface area contributed by atoms with Crippen molar-refractivity contribution in [1.29, 1.82) is 0 Å². The average Bonchev–Trinajstić information content (AvgIpc) is 3.41. The molecule has 1 aromatic heterocycles. The molecule has 3 heterocycles. The Morgan fingerprint density at radius 1 is 1.07 bits per heavy atom. The Labute approximate surface area is 179 Å². The first-order valence-corrected chi connectivity index (χ1v) is 10.2. The van der Waals surface area contributed by atoms with Gasteiger partial charge in [-0.25, -0.2) is 0 Å². The van der Waals surface area contributed by atoms with Crippen molar-refractivity contribution in [2.45, 2.75) is 12.1 Å². The fourth-order valence-electron chi connectivity index (χ4n) is 4.52. The first kappa shape index (κ1) is 18.7. The largest absolute Gasteiger partial charge is 0.472 e. The summed E-state index contributed by atoms with van der Waals surface area (Å²) >= 11 is 6.13. The molecule has 1 fully saturated rings. The number of carbonyl (C=O) groups excluding carboxylic acids is 2. The Morgan fingerprint density at radius 2 is 1.87 bits per heavy atom. The van der Waals surface area contributed by atoms with E-state index in [1.54, 1.807) is 41.7 Å². The molecule has 5 rings (SSSR count). The zero-order chi connectivity index (χ0) is 20.7. The molecular weight excluding hydrogens is 400 g/mol. The summed E-state index contributed by atoms with van der Waals surface area (Å²) in [6, 6.07) is 16.8. The van der Waals surface area contributed by atoms with E-state index in [1.807, 2.05) is 41.3 Å². The molecule has 0 spiro atoms.